The SMILES string of the molecule is CCCCCCN(Cc1ccc(C#Cc2ccc(CCCC)cc2)cc1)c1ccc(F)c(C(=O)O)c1.CNC[C@H](O)[C@@H](O)[C@H](O)[C@H](O)CO. The lowest BCUT2D eigenvalue weighted by Crippen LogP contribution is -2.48. The molecule has 0 aromatic heterocycles. The number of nitrogens with zero attached hydrogens (tertiary/aromatic N) is 1. The Kier molecular flexibility index (Phi) is 19.2. The highest BCUT2D eigenvalue weighted by Gasteiger charge is 2.29. The Bertz CT molecular complexity index is 1440. The number of nitrogens with one attached hydrogen (secondary N) is 1. The van der Waals surface area contributed by atoms with E-state index in [-0.39, 0.29) is 12.1 Å². The highest BCUT2D eigenvalue weighted by Crippen LogP contribution is 2.22. The van der Waals surface area contributed by atoms with Gasteiger partial charge in [-0.25, -0.2) is 9.18 Å². The Hall–Kier alpha value is -3.82. The molecule has 0 fully saturated rings. The topological polar surface area (TPSA) is 154 Å². The van der Waals surface area contributed by atoms with Gasteiger partial charge in [0, 0.05) is 36.4 Å². The zero-order chi connectivity index (χ0) is 36.2. The maximum absolute atomic E-state index is 14.0. The van der Waals surface area contributed by atoms with Gasteiger partial charge in [0.25, 0.3) is 0 Å². The van der Waals surface area contributed by atoms with E-state index in [0.717, 1.165) is 61.0 Å². The number of aliphatic hydroxyl groups is 5. The van der Waals surface area contributed by atoms with Crippen LogP contribution in [0.3, 0.4) is 0 Å². The van der Waals surface area contributed by atoms with Crippen LogP contribution < -0.4 is 10.2 Å². The van der Waals surface area contributed by atoms with E-state index in [2.05, 4.69) is 72.3 Å². The standard InChI is InChI=1S/C32H36FNO2.C7H17NO5/c1-3-5-7-8-22-34(29-20-21-31(33)30(23-29)32(35)36)24-28-18-16-27(17-19-28)15-14-26-12-10-25(11-13-26)9-6-4-2;1-8-2-4(10)6(12)7(13)5(11)3-9/h10-13,16-21,23H,3-9,22,24H2,1-2H3,(H,35,36);4-13H,2-3H2,1H3/t;4-,5+,6+,7+/m.0/s1. The van der Waals surface area contributed by atoms with Crippen LogP contribution in [0.25, 0.3) is 0 Å². The molecule has 0 radical (unpaired) electrons. The number of carboxylic acid groups (broad SMARTS) is 1. The number of aromatic carboxylic acids is 1. The molecule has 0 saturated carbocycles. The van der Waals surface area contributed by atoms with Crippen LogP contribution in [0.1, 0.15) is 85.0 Å². The molecule has 0 saturated heterocycles. The van der Waals surface area contributed by atoms with Crippen LogP contribution in [0.2, 0.25) is 0 Å². The molecule has 0 aliphatic carbocycles. The average molecular weight is 681 g/mol. The van der Waals surface area contributed by atoms with Crippen LogP contribution in [0, 0.1) is 17.7 Å². The fourth-order valence-electron chi connectivity index (χ4n) is 4.99. The molecular weight excluding hydrogens is 627 g/mol. The van der Waals surface area contributed by atoms with E-state index >= 15 is 0 Å². The molecule has 49 heavy (non-hydrogen) atoms. The van der Waals surface area contributed by atoms with Crippen molar-refractivity contribution in [3.63, 3.8) is 0 Å². The summed E-state index contributed by atoms with van der Waals surface area (Å²) >= 11 is 0. The van der Waals surface area contributed by atoms with Crippen LogP contribution in [-0.2, 0) is 13.0 Å². The largest absolute Gasteiger partial charge is 0.478 e. The van der Waals surface area contributed by atoms with E-state index < -0.39 is 42.8 Å². The Morgan fingerprint density at radius 1 is 0.796 bits per heavy atom. The molecule has 7 N–H and O–H groups in total. The van der Waals surface area contributed by atoms with Crippen LogP contribution in [0.4, 0.5) is 10.1 Å². The van der Waals surface area contributed by atoms with Gasteiger partial charge in [0.2, 0.25) is 0 Å². The quantitative estimate of drug-likeness (QED) is 0.0761. The lowest BCUT2D eigenvalue weighted by Gasteiger charge is -2.25. The minimum Gasteiger partial charge on any atom is -0.478 e. The third-order valence-corrected chi connectivity index (χ3v) is 8.02. The first-order valence-corrected chi connectivity index (χ1v) is 17.0. The summed E-state index contributed by atoms with van der Waals surface area (Å²) in [6, 6.07) is 20.9. The van der Waals surface area contributed by atoms with Crippen molar-refractivity contribution in [3.05, 3.63) is 100 Å². The predicted octanol–water partition coefficient (Wildman–Crippen LogP) is 4.49. The summed E-state index contributed by atoms with van der Waals surface area (Å²) in [5.41, 5.74) is 4.81. The lowest BCUT2D eigenvalue weighted by molar-refractivity contribution is -0.113. The first kappa shape index (κ1) is 41.4. The van der Waals surface area contributed by atoms with Gasteiger partial charge in [-0.2, -0.15) is 0 Å². The number of halogens is 1. The van der Waals surface area contributed by atoms with Crippen molar-refractivity contribution in [1.82, 2.24) is 5.32 Å². The van der Waals surface area contributed by atoms with Gasteiger partial charge in [-0.3, -0.25) is 0 Å². The minimum atomic E-state index is -1.55. The van der Waals surface area contributed by atoms with Crippen molar-refractivity contribution in [3.8, 4) is 11.8 Å². The summed E-state index contributed by atoms with van der Waals surface area (Å²) in [6.07, 6.45) is 2.26. The fraction of sp³-hybridized carbons (Fsp3) is 0.462. The summed E-state index contributed by atoms with van der Waals surface area (Å²) in [4.78, 5) is 13.6. The Labute approximate surface area is 290 Å². The monoisotopic (exact) mass is 680 g/mol. The molecule has 0 bridgehead atoms. The molecule has 0 aliphatic rings. The number of hydrogen-bond acceptors (Lipinski definition) is 8. The molecular formula is C39H53FN2O7. The summed E-state index contributed by atoms with van der Waals surface area (Å²) in [5, 5.41) is 56.8. The van der Waals surface area contributed by atoms with Gasteiger partial charge in [0.1, 0.15) is 24.1 Å². The van der Waals surface area contributed by atoms with E-state index in [4.69, 9.17) is 20.4 Å². The van der Waals surface area contributed by atoms with E-state index in [9.17, 15) is 19.4 Å². The van der Waals surface area contributed by atoms with Gasteiger partial charge in [0.05, 0.1) is 18.3 Å². The number of likely N-dealkylation sites (N-methyl/N-ethyl adjacent to an activating group) is 1. The van der Waals surface area contributed by atoms with Crippen molar-refractivity contribution in [2.75, 3.05) is 31.6 Å². The van der Waals surface area contributed by atoms with E-state index in [1.165, 1.54) is 30.5 Å². The number of hydrogen-bond donors (Lipinski definition) is 7. The number of aryl methyl sites for hydroxylation is 1. The lowest BCUT2D eigenvalue weighted by atomic mass is 10.0. The highest BCUT2D eigenvalue weighted by molar-refractivity contribution is 5.89. The summed E-state index contributed by atoms with van der Waals surface area (Å²) in [5.74, 6) is 4.52. The Balaban J connectivity index is 0.000000543. The second-order valence-corrected chi connectivity index (χ2v) is 12.1. The maximum atomic E-state index is 14.0. The van der Waals surface area contributed by atoms with E-state index in [1.54, 1.807) is 13.1 Å². The van der Waals surface area contributed by atoms with Crippen LogP contribution in [0.5, 0.6) is 0 Å². The van der Waals surface area contributed by atoms with Gasteiger partial charge in [-0.15, -0.1) is 0 Å². The van der Waals surface area contributed by atoms with Gasteiger partial charge in [0.15, 0.2) is 0 Å². The zero-order valence-corrected chi connectivity index (χ0v) is 28.9. The molecule has 0 aliphatic heterocycles. The molecule has 9 nitrogen and oxygen atoms in total. The van der Waals surface area contributed by atoms with Crippen LogP contribution in [-0.4, -0.2) is 87.8 Å². The van der Waals surface area contributed by atoms with Gasteiger partial charge in [-0.1, -0.05) is 75.6 Å². The highest BCUT2D eigenvalue weighted by atomic mass is 19.1. The molecule has 0 heterocycles. The fourth-order valence-corrected chi connectivity index (χ4v) is 4.99. The van der Waals surface area contributed by atoms with E-state index in [1.807, 2.05) is 12.1 Å². The second-order valence-electron chi connectivity index (χ2n) is 12.1. The number of anilines is 1. The molecule has 4 atom stereocenters. The summed E-state index contributed by atoms with van der Waals surface area (Å²) in [6.45, 7) is 5.20. The number of carbonyl (C=O) groups is 1. The summed E-state index contributed by atoms with van der Waals surface area (Å²) in [7, 11) is 1.57. The number of aliphatic hydroxyl groups excluding tert-OH is 5. The molecule has 0 spiro atoms. The number of rotatable bonds is 18. The Morgan fingerprint density at radius 3 is 1.90 bits per heavy atom. The molecule has 0 amide bonds. The second kappa shape index (κ2) is 22.7. The summed E-state index contributed by atoms with van der Waals surface area (Å²) < 4.78 is 14.0. The Morgan fingerprint density at radius 2 is 1.37 bits per heavy atom. The first-order valence-electron chi connectivity index (χ1n) is 17.0. The van der Waals surface area contributed by atoms with Gasteiger partial charge < -0.3 is 40.9 Å². The van der Waals surface area contributed by atoms with Crippen molar-refractivity contribution < 1.29 is 39.8 Å². The molecule has 268 valence electrons. The number of benzene rings is 3. The predicted molar refractivity (Wildman–Crippen MR) is 191 cm³/mol. The van der Waals surface area contributed by atoms with E-state index in [0.29, 0.717) is 6.54 Å². The van der Waals surface area contributed by atoms with Crippen molar-refractivity contribution in [1.29, 1.82) is 0 Å². The molecule has 10 heteroatoms. The van der Waals surface area contributed by atoms with Crippen molar-refractivity contribution in [2.24, 2.45) is 0 Å². The number of unbranched alkanes of at least 4 members (excludes halogenated alkanes) is 4. The molecule has 0 unspecified atom stereocenters. The first-order chi connectivity index (χ1) is 23.5. The smallest absolute Gasteiger partial charge is 0.338 e. The van der Waals surface area contributed by atoms with Crippen LogP contribution in [0.15, 0.2) is 66.7 Å². The third-order valence-electron chi connectivity index (χ3n) is 8.02. The minimum absolute atomic E-state index is 0.0936. The van der Waals surface area contributed by atoms with Gasteiger partial charge in [-0.05, 0) is 79.9 Å². The van der Waals surface area contributed by atoms with Gasteiger partial charge >= 0.3 is 5.97 Å². The normalized spacial score (nSPS) is 13.2. The van der Waals surface area contributed by atoms with Crippen molar-refractivity contribution in [2.45, 2.75) is 89.8 Å². The van der Waals surface area contributed by atoms with Crippen molar-refractivity contribution >= 4 is 11.7 Å². The van der Waals surface area contributed by atoms with Crippen LogP contribution >= 0.6 is 0 Å². The third kappa shape index (κ3) is 14.7. The molecule has 3 aromatic rings. The zero-order valence-electron chi connectivity index (χ0n) is 28.9. The maximum Gasteiger partial charge on any atom is 0.338 e. The molecule has 3 rings (SSSR count). The number of carboxylic acids is 1. The average Bonchev–Trinajstić information content (AvgIpc) is 3.11. The molecule has 3 aromatic carbocycles.